The van der Waals surface area contributed by atoms with Gasteiger partial charge in [0.05, 0.1) is 19.8 Å². The van der Waals surface area contributed by atoms with Gasteiger partial charge in [-0.25, -0.2) is 0 Å². The summed E-state index contributed by atoms with van der Waals surface area (Å²) in [6.45, 7) is 12.9. The summed E-state index contributed by atoms with van der Waals surface area (Å²) in [5.74, 6) is 6.83. The van der Waals surface area contributed by atoms with Crippen LogP contribution in [0.1, 0.15) is 27.7 Å². The molecule has 1 rings (SSSR count). The SMILES string of the molecule is CC.CC(C)C#CCN1CCOCC1.CNC=O. The van der Waals surface area contributed by atoms with E-state index < -0.39 is 0 Å². The molecular weight excluding hydrogens is 228 g/mol. The molecule has 0 aromatic carbocycles. The van der Waals surface area contributed by atoms with Gasteiger partial charge in [-0.2, -0.15) is 0 Å². The third-order valence-electron chi connectivity index (χ3n) is 1.91. The van der Waals surface area contributed by atoms with Gasteiger partial charge >= 0.3 is 0 Å². The normalized spacial score (nSPS) is 14.1. The zero-order valence-electron chi connectivity index (χ0n) is 12.5. The number of amides is 1. The van der Waals surface area contributed by atoms with Crippen LogP contribution in [0.4, 0.5) is 0 Å². The van der Waals surface area contributed by atoms with Crippen LogP contribution < -0.4 is 5.32 Å². The summed E-state index contributed by atoms with van der Waals surface area (Å²) in [6, 6.07) is 0. The van der Waals surface area contributed by atoms with Gasteiger partial charge in [0.25, 0.3) is 0 Å². The van der Waals surface area contributed by atoms with Crippen LogP contribution in [0.3, 0.4) is 0 Å². The summed E-state index contributed by atoms with van der Waals surface area (Å²) in [6.07, 6.45) is 0.625. The standard InChI is InChI=1S/C10H17NO.C2H5NO.C2H6/c1-10(2)4-3-5-11-6-8-12-9-7-11;1-3-2-4;1-2/h10H,5-9H2,1-2H3;2H,1H3,(H,3,4);1-2H3. The molecule has 0 unspecified atom stereocenters. The van der Waals surface area contributed by atoms with E-state index in [0.717, 1.165) is 32.8 Å². The fraction of sp³-hybridized carbons (Fsp3) is 0.786. The fourth-order valence-electron chi connectivity index (χ4n) is 1.12. The predicted octanol–water partition coefficient (Wildman–Crippen LogP) is 1.37. The van der Waals surface area contributed by atoms with Crippen LogP contribution in [0.25, 0.3) is 0 Å². The summed E-state index contributed by atoms with van der Waals surface area (Å²) in [5, 5.41) is 2.25. The number of rotatable bonds is 2. The van der Waals surface area contributed by atoms with Crippen molar-refractivity contribution in [2.75, 3.05) is 39.9 Å². The minimum absolute atomic E-state index is 0.492. The molecular formula is C14H28N2O2. The highest BCUT2D eigenvalue weighted by Crippen LogP contribution is 1.95. The first kappa shape index (κ1) is 19.3. The Labute approximate surface area is 112 Å². The van der Waals surface area contributed by atoms with Crippen LogP contribution in [0.5, 0.6) is 0 Å². The molecule has 0 atom stereocenters. The summed E-state index contributed by atoms with van der Waals surface area (Å²) in [7, 11) is 1.56. The van der Waals surface area contributed by atoms with E-state index >= 15 is 0 Å². The molecule has 0 aromatic rings. The fourth-order valence-corrected chi connectivity index (χ4v) is 1.12. The van der Waals surface area contributed by atoms with E-state index in [0.29, 0.717) is 12.3 Å². The van der Waals surface area contributed by atoms with Crippen molar-refractivity contribution in [1.29, 1.82) is 0 Å². The number of morpholine rings is 1. The number of hydrogen-bond donors (Lipinski definition) is 1. The van der Waals surface area contributed by atoms with E-state index in [9.17, 15) is 0 Å². The van der Waals surface area contributed by atoms with Crippen LogP contribution in [0.15, 0.2) is 0 Å². The van der Waals surface area contributed by atoms with Gasteiger partial charge in [0.2, 0.25) is 6.41 Å². The van der Waals surface area contributed by atoms with Crippen LogP contribution in [0.2, 0.25) is 0 Å². The Hall–Kier alpha value is -1.05. The third-order valence-corrected chi connectivity index (χ3v) is 1.91. The monoisotopic (exact) mass is 256 g/mol. The zero-order valence-corrected chi connectivity index (χ0v) is 12.5. The average molecular weight is 256 g/mol. The molecule has 18 heavy (non-hydrogen) atoms. The quantitative estimate of drug-likeness (QED) is 0.599. The first-order valence-electron chi connectivity index (χ1n) is 6.60. The molecule has 0 spiro atoms. The maximum atomic E-state index is 9.06. The molecule has 0 aliphatic carbocycles. The summed E-state index contributed by atoms with van der Waals surface area (Å²) in [5.41, 5.74) is 0. The van der Waals surface area contributed by atoms with Gasteiger partial charge in [-0.15, -0.1) is 0 Å². The molecule has 4 heteroatoms. The first-order valence-corrected chi connectivity index (χ1v) is 6.60. The molecule has 0 radical (unpaired) electrons. The van der Waals surface area contributed by atoms with E-state index in [1.54, 1.807) is 7.05 Å². The smallest absolute Gasteiger partial charge is 0.206 e. The highest BCUT2D eigenvalue weighted by molar-refractivity contribution is 5.44. The summed E-state index contributed by atoms with van der Waals surface area (Å²) < 4.78 is 5.24. The first-order chi connectivity index (χ1) is 8.70. The van der Waals surface area contributed by atoms with Crippen molar-refractivity contribution in [3.05, 3.63) is 0 Å². The summed E-state index contributed by atoms with van der Waals surface area (Å²) >= 11 is 0. The predicted molar refractivity (Wildman–Crippen MR) is 76.3 cm³/mol. The number of nitrogens with one attached hydrogen (secondary N) is 1. The Morgan fingerprint density at radius 2 is 1.83 bits per heavy atom. The zero-order chi connectivity index (χ0) is 14.2. The topological polar surface area (TPSA) is 41.6 Å². The van der Waals surface area contributed by atoms with Gasteiger partial charge in [0.15, 0.2) is 0 Å². The van der Waals surface area contributed by atoms with E-state index in [1.165, 1.54) is 0 Å². The molecule has 4 nitrogen and oxygen atoms in total. The van der Waals surface area contributed by atoms with Gasteiger partial charge in [-0.05, 0) is 0 Å². The van der Waals surface area contributed by atoms with Crippen molar-refractivity contribution in [2.45, 2.75) is 27.7 Å². The lowest BCUT2D eigenvalue weighted by Gasteiger charge is -2.24. The Kier molecular flexibility index (Phi) is 17.1. The minimum Gasteiger partial charge on any atom is -0.379 e. The van der Waals surface area contributed by atoms with Gasteiger partial charge in [0, 0.05) is 26.1 Å². The van der Waals surface area contributed by atoms with Crippen molar-refractivity contribution in [2.24, 2.45) is 5.92 Å². The lowest BCUT2D eigenvalue weighted by atomic mass is 10.2. The summed E-state index contributed by atoms with van der Waals surface area (Å²) in [4.78, 5) is 11.4. The average Bonchev–Trinajstić information content (AvgIpc) is 2.42. The molecule has 1 amide bonds. The van der Waals surface area contributed by atoms with Gasteiger partial charge in [-0.1, -0.05) is 39.5 Å². The lowest BCUT2D eigenvalue weighted by Crippen LogP contribution is -2.36. The maximum absolute atomic E-state index is 9.06. The molecule has 1 aliphatic rings. The highest BCUT2D eigenvalue weighted by Gasteiger charge is 2.07. The van der Waals surface area contributed by atoms with E-state index in [4.69, 9.17) is 9.53 Å². The van der Waals surface area contributed by atoms with Crippen LogP contribution in [-0.2, 0) is 9.53 Å². The lowest BCUT2D eigenvalue weighted by molar-refractivity contribution is -0.109. The molecule has 0 saturated carbocycles. The Bertz CT molecular complexity index is 226. The second-order valence-corrected chi connectivity index (χ2v) is 3.77. The second-order valence-electron chi connectivity index (χ2n) is 3.77. The van der Waals surface area contributed by atoms with E-state index in [1.807, 2.05) is 13.8 Å². The minimum atomic E-state index is 0.492. The van der Waals surface area contributed by atoms with Gasteiger partial charge in [-0.3, -0.25) is 9.69 Å². The third kappa shape index (κ3) is 14.9. The van der Waals surface area contributed by atoms with Crippen LogP contribution in [-0.4, -0.2) is 51.2 Å². The number of carbonyl (C=O) groups excluding carboxylic acids is 1. The second kappa shape index (κ2) is 16.0. The van der Waals surface area contributed by atoms with E-state index in [-0.39, 0.29) is 0 Å². The van der Waals surface area contributed by atoms with Crippen molar-refractivity contribution in [1.82, 2.24) is 10.2 Å². The van der Waals surface area contributed by atoms with Gasteiger partial charge in [0.1, 0.15) is 0 Å². The van der Waals surface area contributed by atoms with Crippen LogP contribution >= 0.6 is 0 Å². The van der Waals surface area contributed by atoms with Crippen molar-refractivity contribution in [3.63, 3.8) is 0 Å². The molecule has 1 N–H and O–H groups in total. The molecule has 0 aromatic heterocycles. The van der Waals surface area contributed by atoms with Crippen molar-refractivity contribution < 1.29 is 9.53 Å². The number of carbonyl (C=O) groups is 1. The highest BCUT2D eigenvalue weighted by atomic mass is 16.5. The largest absolute Gasteiger partial charge is 0.379 e. The number of nitrogens with zero attached hydrogens (tertiary/aromatic N) is 1. The molecule has 0 bridgehead atoms. The van der Waals surface area contributed by atoms with Crippen molar-refractivity contribution >= 4 is 6.41 Å². The van der Waals surface area contributed by atoms with E-state index in [2.05, 4.69) is 35.9 Å². The molecule has 1 saturated heterocycles. The Balaban J connectivity index is 0. The molecule has 106 valence electrons. The Morgan fingerprint density at radius 3 is 2.22 bits per heavy atom. The molecule has 1 aliphatic heterocycles. The molecule has 1 heterocycles. The van der Waals surface area contributed by atoms with Gasteiger partial charge < -0.3 is 10.1 Å². The number of ether oxygens (including phenoxy) is 1. The maximum Gasteiger partial charge on any atom is 0.206 e. The molecule has 1 fully saturated rings. The van der Waals surface area contributed by atoms with Crippen LogP contribution in [0, 0.1) is 17.8 Å². The van der Waals surface area contributed by atoms with Crippen molar-refractivity contribution in [3.8, 4) is 11.8 Å². The number of hydrogen-bond acceptors (Lipinski definition) is 3. The Morgan fingerprint density at radius 1 is 1.33 bits per heavy atom.